The van der Waals surface area contributed by atoms with E-state index in [0.717, 1.165) is 18.2 Å². The molecule has 0 unspecified atom stereocenters. The van der Waals surface area contributed by atoms with Gasteiger partial charge in [-0.1, -0.05) is 0 Å². The number of ether oxygens (including phenoxy) is 1. The molecule has 0 fully saturated rings. The number of hydrogen-bond donors (Lipinski definition) is 1. The molecule has 2 rings (SSSR count). The molecule has 0 aliphatic carbocycles. The third kappa shape index (κ3) is 3.58. The fraction of sp³-hybridized carbons (Fsp3) is 0. The lowest BCUT2D eigenvalue weighted by molar-refractivity contribution is -0.131. The molecule has 0 atom stereocenters. The number of carboxylic acids is 1. The monoisotopic (exact) mass is 278 g/mol. The Balaban J connectivity index is 2.10. The van der Waals surface area contributed by atoms with E-state index in [0.29, 0.717) is 5.56 Å². The van der Waals surface area contributed by atoms with Crippen molar-refractivity contribution in [2.45, 2.75) is 0 Å². The summed E-state index contributed by atoms with van der Waals surface area (Å²) in [6.07, 6.45) is 4.92. The average molecular weight is 278 g/mol. The van der Waals surface area contributed by atoms with Crippen molar-refractivity contribution >= 4 is 12.0 Å². The van der Waals surface area contributed by atoms with Gasteiger partial charge >= 0.3 is 12.0 Å². The van der Waals surface area contributed by atoms with Crippen molar-refractivity contribution in [3.05, 3.63) is 53.9 Å². The van der Waals surface area contributed by atoms with Crippen LogP contribution in [0.1, 0.15) is 5.56 Å². The van der Waals surface area contributed by atoms with E-state index in [2.05, 4.69) is 9.97 Å². The maximum atomic E-state index is 13.0. The molecule has 0 bridgehead atoms. The van der Waals surface area contributed by atoms with Crippen LogP contribution in [-0.2, 0) is 4.79 Å². The molecule has 102 valence electrons. The van der Waals surface area contributed by atoms with Gasteiger partial charge in [0.2, 0.25) is 0 Å². The summed E-state index contributed by atoms with van der Waals surface area (Å²) in [7, 11) is 0. The molecule has 0 radical (unpaired) electrons. The molecule has 20 heavy (non-hydrogen) atoms. The summed E-state index contributed by atoms with van der Waals surface area (Å²) in [4.78, 5) is 17.9. The van der Waals surface area contributed by atoms with E-state index in [1.807, 2.05) is 0 Å². The number of carbonyl (C=O) groups is 1. The predicted octanol–water partition coefficient (Wildman–Crippen LogP) is 2.64. The first-order valence-electron chi connectivity index (χ1n) is 5.40. The molecule has 0 aliphatic rings. The first-order chi connectivity index (χ1) is 9.54. The Morgan fingerprint density at radius 3 is 2.50 bits per heavy atom. The number of carboxylic acid groups (broad SMARTS) is 1. The van der Waals surface area contributed by atoms with Gasteiger partial charge in [-0.25, -0.2) is 23.5 Å². The molecular weight excluding hydrogens is 270 g/mol. The van der Waals surface area contributed by atoms with Crippen molar-refractivity contribution in [2.24, 2.45) is 0 Å². The quantitative estimate of drug-likeness (QED) is 0.870. The number of nitrogens with zero attached hydrogens (tertiary/aromatic N) is 2. The van der Waals surface area contributed by atoms with Crippen LogP contribution < -0.4 is 4.74 Å². The van der Waals surface area contributed by atoms with Gasteiger partial charge in [0.25, 0.3) is 0 Å². The summed E-state index contributed by atoms with van der Waals surface area (Å²) >= 11 is 0. The minimum absolute atomic E-state index is 0.0535. The van der Waals surface area contributed by atoms with Crippen molar-refractivity contribution in [3.63, 3.8) is 0 Å². The van der Waals surface area contributed by atoms with Crippen LogP contribution in [0.5, 0.6) is 11.8 Å². The summed E-state index contributed by atoms with van der Waals surface area (Å²) in [6.45, 7) is 0. The molecular formula is C13H8F2N2O3. The van der Waals surface area contributed by atoms with Gasteiger partial charge < -0.3 is 9.84 Å². The molecule has 0 saturated heterocycles. The SMILES string of the molecule is O=C(O)/C=C/c1cnc(Oc2ccc(F)c(F)c2)nc1. The van der Waals surface area contributed by atoms with E-state index in [4.69, 9.17) is 9.84 Å². The first-order valence-corrected chi connectivity index (χ1v) is 5.40. The lowest BCUT2D eigenvalue weighted by atomic mass is 10.3. The van der Waals surface area contributed by atoms with Gasteiger partial charge in [0, 0.05) is 30.1 Å². The molecule has 0 saturated carbocycles. The Bertz CT molecular complexity index is 657. The Labute approximate surface area is 112 Å². The zero-order chi connectivity index (χ0) is 14.5. The second kappa shape index (κ2) is 5.87. The minimum atomic E-state index is -1.09. The Kier molecular flexibility index (Phi) is 3.99. The second-order valence-corrected chi connectivity index (χ2v) is 3.65. The molecule has 1 aromatic heterocycles. The number of rotatable bonds is 4. The van der Waals surface area contributed by atoms with Crippen molar-refractivity contribution in [1.29, 1.82) is 0 Å². The van der Waals surface area contributed by atoms with Crippen LogP contribution in [0.4, 0.5) is 8.78 Å². The van der Waals surface area contributed by atoms with E-state index in [1.54, 1.807) is 0 Å². The number of hydrogen-bond acceptors (Lipinski definition) is 4. The zero-order valence-corrected chi connectivity index (χ0v) is 9.96. The van der Waals surface area contributed by atoms with Crippen molar-refractivity contribution in [3.8, 4) is 11.8 Å². The van der Waals surface area contributed by atoms with Gasteiger partial charge in [0.1, 0.15) is 5.75 Å². The molecule has 0 aliphatic heterocycles. The standard InChI is InChI=1S/C13H8F2N2O3/c14-10-3-2-9(5-11(10)15)20-13-16-6-8(7-17-13)1-4-12(18)19/h1-7H,(H,18,19)/b4-1+. The topological polar surface area (TPSA) is 72.3 Å². The van der Waals surface area contributed by atoms with Crippen molar-refractivity contribution in [2.75, 3.05) is 0 Å². The number of benzene rings is 1. The normalized spacial score (nSPS) is 10.7. The fourth-order valence-electron chi connectivity index (χ4n) is 1.28. The highest BCUT2D eigenvalue weighted by atomic mass is 19.2. The van der Waals surface area contributed by atoms with Gasteiger partial charge in [0.05, 0.1) is 0 Å². The highest BCUT2D eigenvalue weighted by Gasteiger charge is 2.05. The van der Waals surface area contributed by atoms with Crippen LogP contribution in [0.25, 0.3) is 6.08 Å². The molecule has 1 heterocycles. The molecule has 1 N–H and O–H groups in total. The van der Waals surface area contributed by atoms with Crippen LogP contribution in [0.2, 0.25) is 0 Å². The van der Waals surface area contributed by atoms with Gasteiger partial charge in [-0.05, 0) is 18.2 Å². The Hall–Kier alpha value is -2.83. The van der Waals surface area contributed by atoms with Gasteiger partial charge in [-0.2, -0.15) is 0 Å². The maximum Gasteiger partial charge on any atom is 0.328 e. The third-order valence-electron chi connectivity index (χ3n) is 2.17. The number of halogens is 2. The van der Waals surface area contributed by atoms with E-state index < -0.39 is 17.6 Å². The molecule has 0 amide bonds. The molecule has 7 heteroatoms. The maximum absolute atomic E-state index is 13.0. The number of aliphatic carboxylic acids is 1. The summed E-state index contributed by atoms with van der Waals surface area (Å²) in [5.41, 5.74) is 0.463. The summed E-state index contributed by atoms with van der Waals surface area (Å²) in [6, 6.07) is 2.97. The van der Waals surface area contributed by atoms with Crippen molar-refractivity contribution in [1.82, 2.24) is 9.97 Å². The zero-order valence-electron chi connectivity index (χ0n) is 9.96. The highest BCUT2D eigenvalue weighted by molar-refractivity contribution is 5.85. The minimum Gasteiger partial charge on any atom is -0.478 e. The van der Waals surface area contributed by atoms with E-state index in [9.17, 15) is 13.6 Å². The third-order valence-corrected chi connectivity index (χ3v) is 2.17. The smallest absolute Gasteiger partial charge is 0.328 e. The Morgan fingerprint density at radius 1 is 1.20 bits per heavy atom. The molecule has 0 spiro atoms. The molecule has 2 aromatic rings. The van der Waals surface area contributed by atoms with Crippen LogP contribution in [0, 0.1) is 11.6 Å². The van der Waals surface area contributed by atoms with E-state index in [-0.39, 0.29) is 11.8 Å². The Morgan fingerprint density at radius 2 is 1.90 bits per heavy atom. The van der Waals surface area contributed by atoms with E-state index >= 15 is 0 Å². The lowest BCUT2D eigenvalue weighted by Gasteiger charge is -2.03. The van der Waals surface area contributed by atoms with E-state index in [1.165, 1.54) is 24.5 Å². The van der Waals surface area contributed by atoms with Gasteiger partial charge in [-0.3, -0.25) is 0 Å². The summed E-state index contributed by atoms with van der Waals surface area (Å²) in [5, 5.41) is 8.45. The van der Waals surface area contributed by atoms with Gasteiger partial charge in [-0.15, -0.1) is 0 Å². The van der Waals surface area contributed by atoms with Crippen LogP contribution in [0.15, 0.2) is 36.7 Å². The largest absolute Gasteiger partial charge is 0.478 e. The summed E-state index contributed by atoms with van der Waals surface area (Å²) in [5.74, 6) is -3.05. The number of aromatic nitrogens is 2. The van der Waals surface area contributed by atoms with Crippen LogP contribution in [0.3, 0.4) is 0 Å². The summed E-state index contributed by atoms with van der Waals surface area (Å²) < 4.78 is 30.8. The molecule has 1 aromatic carbocycles. The predicted molar refractivity (Wildman–Crippen MR) is 65.1 cm³/mol. The first kappa shape index (κ1) is 13.6. The van der Waals surface area contributed by atoms with Gasteiger partial charge in [0.15, 0.2) is 11.6 Å². The van der Waals surface area contributed by atoms with Crippen LogP contribution in [-0.4, -0.2) is 21.0 Å². The average Bonchev–Trinajstić information content (AvgIpc) is 2.42. The lowest BCUT2D eigenvalue weighted by Crippen LogP contribution is -1.93. The van der Waals surface area contributed by atoms with Crippen LogP contribution >= 0.6 is 0 Å². The van der Waals surface area contributed by atoms with Crippen molar-refractivity contribution < 1.29 is 23.4 Å². The highest BCUT2D eigenvalue weighted by Crippen LogP contribution is 2.20. The molecule has 5 nitrogen and oxygen atoms in total. The fourth-order valence-corrected chi connectivity index (χ4v) is 1.28. The second-order valence-electron chi connectivity index (χ2n) is 3.65.